The molecule has 0 fully saturated rings. The standard InChI is InChI=1S/C14H23N3/c1-11(2)9-16(4)10-13-5-6-14-12(3)15-7-8-17(13)14/h5-6,11H,7-10H2,1-4H3. The highest BCUT2D eigenvalue weighted by molar-refractivity contribution is 5.97. The maximum Gasteiger partial charge on any atom is 0.0621 e. The third-order valence-electron chi connectivity index (χ3n) is 3.22. The fourth-order valence-corrected chi connectivity index (χ4v) is 2.59. The van der Waals surface area contributed by atoms with Crippen molar-refractivity contribution in [2.75, 3.05) is 20.1 Å². The van der Waals surface area contributed by atoms with Crippen molar-refractivity contribution in [1.29, 1.82) is 0 Å². The summed E-state index contributed by atoms with van der Waals surface area (Å²) >= 11 is 0. The Morgan fingerprint density at radius 1 is 1.41 bits per heavy atom. The van der Waals surface area contributed by atoms with E-state index in [-0.39, 0.29) is 0 Å². The Bertz CT molecular complexity index is 415. The molecule has 0 radical (unpaired) electrons. The molecular weight excluding hydrogens is 210 g/mol. The van der Waals surface area contributed by atoms with Gasteiger partial charge in [-0.15, -0.1) is 0 Å². The number of aliphatic imine (C=N–C) groups is 1. The minimum Gasteiger partial charge on any atom is -0.341 e. The van der Waals surface area contributed by atoms with Crippen LogP contribution in [0, 0.1) is 5.92 Å². The second kappa shape index (κ2) is 5.05. The van der Waals surface area contributed by atoms with Crippen LogP contribution in [0.5, 0.6) is 0 Å². The minimum atomic E-state index is 0.721. The summed E-state index contributed by atoms with van der Waals surface area (Å²) in [5.74, 6) is 0.721. The van der Waals surface area contributed by atoms with Crippen molar-refractivity contribution >= 4 is 5.71 Å². The SMILES string of the molecule is CC1=NCCn2c(CN(C)CC(C)C)ccc21. The van der Waals surface area contributed by atoms with E-state index in [1.807, 2.05) is 0 Å². The first kappa shape index (κ1) is 12.4. The molecule has 0 bridgehead atoms. The van der Waals surface area contributed by atoms with E-state index >= 15 is 0 Å². The summed E-state index contributed by atoms with van der Waals surface area (Å²) < 4.78 is 2.42. The van der Waals surface area contributed by atoms with Gasteiger partial charge in [0, 0.05) is 25.3 Å². The first-order valence-electron chi connectivity index (χ1n) is 6.46. The molecule has 0 N–H and O–H groups in total. The van der Waals surface area contributed by atoms with Crippen LogP contribution in [-0.2, 0) is 13.1 Å². The molecular formula is C14H23N3. The lowest BCUT2D eigenvalue weighted by Gasteiger charge is -2.22. The highest BCUT2D eigenvalue weighted by atomic mass is 15.1. The van der Waals surface area contributed by atoms with E-state index < -0.39 is 0 Å². The van der Waals surface area contributed by atoms with Gasteiger partial charge in [0.2, 0.25) is 0 Å². The fourth-order valence-electron chi connectivity index (χ4n) is 2.59. The quantitative estimate of drug-likeness (QED) is 0.782. The van der Waals surface area contributed by atoms with Crippen LogP contribution in [0.2, 0.25) is 0 Å². The van der Waals surface area contributed by atoms with Crippen LogP contribution in [-0.4, -0.2) is 35.3 Å². The highest BCUT2D eigenvalue weighted by Crippen LogP contribution is 2.16. The summed E-state index contributed by atoms with van der Waals surface area (Å²) in [6.45, 7) is 10.8. The zero-order valence-corrected chi connectivity index (χ0v) is 11.4. The number of rotatable bonds is 4. The molecule has 0 spiro atoms. The highest BCUT2D eigenvalue weighted by Gasteiger charge is 2.14. The van der Waals surface area contributed by atoms with Gasteiger partial charge in [0.15, 0.2) is 0 Å². The predicted octanol–water partition coefficient (Wildman–Crippen LogP) is 2.40. The van der Waals surface area contributed by atoms with Crippen molar-refractivity contribution in [3.63, 3.8) is 0 Å². The molecule has 0 unspecified atom stereocenters. The predicted molar refractivity (Wildman–Crippen MR) is 72.7 cm³/mol. The van der Waals surface area contributed by atoms with Gasteiger partial charge in [-0.3, -0.25) is 4.99 Å². The Morgan fingerprint density at radius 3 is 2.88 bits per heavy atom. The molecule has 0 saturated heterocycles. The van der Waals surface area contributed by atoms with Gasteiger partial charge < -0.3 is 9.47 Å². The molecule has 0 amide bonds. The molecule has 17 heavy (non-hydrogen) atoms. The van der Waals surface area contributed by atoms with Crippen LogP contribution in [0.3, 0.4) is 0 Å². The summed E-state index contributed by atoms with van der Waals surface area (Å²) in [5, 5.41) is 0. The lowest BCUT2D eigenvalue weighted by atomic mass is 10.2. The van der Waals surface area contributed by atoms with Gasteiger partial charge in [-0.25, -0.2) is 0 Å². The molecule has 3 nitrogen and oxygen atoms in total. The van der Waals surface area contributed by atoms with E-state index in [1.165, 1.54) is 17.1 Å². The average Bonchev–Trinajstić information content (AvgIpc) is 2.62. The van der Waals surface area contributed by atoms with Gasteiger partial charge in [0.1, 0.15) is 0 Å². The van der Waals surface area contributed by atoms with Crippen LogP contribution in [0.1, 0.15) is 32.2 Å². The molecule has 0 saturated carbocycles. The van der Waals surface area contributed by atoms with E-state index in [9.17, 15) is 0 Å². The Balaban J connectivity index is 2.10. The van der Waals surface area contributed by atoms with E-state index in [2.05, 4.69) is 54.4 Å². The van der Waals surface area contributed by atoms with Crippen molar-refractivity contribution in [1.82, 2.24) is 9.47 Å². The summed E-state index contributed by atoms with van der Waals surface area (Å²) in [7, 11) is 2.20. The first-order chi connectivity index (χ1) is 8.08. The van der Waals surface area contributed by atoms with E-state index in [0.717, 1.165) is 32.1 Å². The molecule has 1 aromatic heterocycles. The third kappa shape index (κ3) is 2.78. The Kier molecular flexibility index (Phi) is 3.67. The lowest BCUT2D eigenvalue weighted by molar-refractivity contribution is 0.281. The largest absolute Gasteiger partial charge is 0.341 e. The maximum atomic E-state index is 4.49. The van der Waals surface area contributed by atoms with Gasteiger partial charge >= 0.3 is 0 Å². The van der Waals surface area contributed by atoms with E-state index in [0.29, 0.717) is 0 Å². The van der Waals surface area contributed by atoms with E-state index in [4.69, 9.17) is 0 Å². The lowest BCUT2D eigenvalue weighted by Crippen LogP contribution is -2.26. The topological polar surface area (TPSA) is 20.5 Å². The second-order valence-electron chi connectivity index (χ2n) is 5.42. The zero-order chi connectivity index (χ0) is 12.4. The Hall–Kier alpha value is -1.09. The van der Waals surface area contributed by atoms with Crippen LogP contribution in [0.15, 0.2) is 17.1 Å². The maximum absolute atomic E-state index is 4.49. The molecule has 1 aliphatic heterocycles. The molecule has 0 atom stereocenters. The number of hydrogen-bond donors (Lipinski definition) is 0. The molecule has 94 valence electrons. The number of aromatic nitrogens is 1. The molecule has 3 heteroatoms. The summed E-state index contributed by atoms with van der Waals surface area (Å²) in [4.78, 5) is 6.89. The van der Waals surface area contributed by atoms with Crippen molar-refractivity contribution in [3.8, 4) is 0 Å². The van der Waals surface area contributed by atoms with Gasteiger partial charge in [0.05, 0.1) is 18.0 Å². The molecule has 1 aliphatic rings. The van der Waals surface area contributed by atoms with Gasteiger partial charge in [0.25, 0.3) is 0 Å². The fraction of sp³-hybridized carbons (Fsp3) is 0.643. The van der Waals surface area contributed by atoms with E-state index in [1.54, 1.807) is 0 Å². The van der Waals surface area contributed by atoms with Gasteiger partial charge in [-0.1, -0.05) is 13.8 Å². The summed E-state index contributed by atoms with van der Waals surface area (Å²) in [6.07, 6.45) is 0. The van der Waals surface area contributed by atoms with Crippen LogP contribution in [0.25, 0.3) is 0 Å². The van der Waals surface area contributed by atoms with Crippen molar-refractivity contribution < 1.29 is 0 Å². The number of hydrogen-bond acceptors (Lipinski definition) is 2. The minimum absolute atomic E-state index is 0.721. The van der Waals surface area contributed by atoms with Crippen LogP contribution in [0.4, 0.5) is 0 Å². The number of nitrogens with zero attached hydrogens (tertiary/aromatic N) is 3. The normalized spacial score (nSPS) is 15.3. The van der Waals surface area contributed by atoms with Crippen molar-refractivity contribution in [3.05, 3.63) is 23.5 Å². The molecule has 1 aromatic rings. The van der Waals surface area contributed by atoms with Gasteiger partial charge in [-0.05, 0) is 32.0 Å². The smallest absolute Gasteiger partial charge is 0.0621 e. The molecule has 2 heterocycles. The van der Waals surface area contributed by atoms with Gasteiger partial charge in [-0.2, -0.15) is 0 Å². The zero-order valence-electron chi connectivity index (χ0n) is 11.4. The monoisotopic (exact) mass is 233 g/mol. The van der Waals surface area contributed by atoms with Crippen molar-refractivity contribution in [2.24, 2.45) is 10.9 Å². The second-order valence-corrected chi connectivity index (χ2v) is 5.42. The average molecular weight is 233 g/mol. The first-order valence-corrected chi connectivity index (χ1v) is 6.46. The Morgan fingerprint density at radius 2 is 2.18 bits per heavy atom. The molecule has 0 aliphatic carbocycles. The van der Waals surface area contributed by atoms with Crippen LogP contribution >= 0.6 is 0 Å². The third-order valence-corrected chi connectivity index (χ3v) is 3.22. The van der Waals surface area contributed by atoms with Crippen molar-refractivity contribution in [2.45, 2.75) is 33.9 Å². The number of fused-ring (bicyclic) bond motifs is 1. The molecule has 0 aromatic carbocycles. The Labute approximate surface area is 104 Å². The summed E-state index contributed by atoms with van der Waals surface area (Å²) in [5.41, 5.74) is 3.88. The van der Waals surface area contributed by atoms with Crippen LogP contribution < -0.4 is 0 Å². The molecule has 2 rings (SSSR count). The summed E-state index contributed by atoms with van der Waals surface area (Å²) in [6, 6.07) is 4.45.